The molecule has 98 valence electrons. The van der Waals surface area contributed by atoms with Crippen LogP contribution in [0.25, 0.3) is 0 Å². The summed E-state index contributed by atoms with van der Waals surface area (Å²) in [6.07, 6.45) is -0.466. The van der Waals surface area contributed by atoms with E-state index < -0.39 is 39.1 Å². The Hall–Kier alpha value is 1.86. The van der Waals surface area contributed by atoms with Crippen LogP contribution < -0.4 is 113 Å². The predicted molar refractivity (Wildman–Crippen MR) is 52.9 cm³/mol. The topological polar surface area (TPSA) is 135 Å². The monoisotopic (exact) mass is 342 g/mol. The molecule has 0 aromatic carbocycles. The molecule has 0 aliphatic carbocycles. The third-order valence-electron chi connectivity index (χ3n) is 2.44. The van der Waals surface area contributed by atoms with E-state index in [-0.39, 0.29) is 108 Å². The van der Waals surface area contributed by atoms with Crippen LogP contribution in [0, 0.1) is 5.92 Å². The van der Waals surface area contributed by atoms with Gasteiger partial charge in [-0.15, -0.1) is 6.58 Å². The smallest absolute Gasteiger partial charge is 0.550 e. The van der Waals surface area contributed by atoms with E-state index in [1.165, 1.54) is 6.92 Å². The van der Waals surface area contributed by atoms with Crippen molar-refractivity contribution in [1.82, 2.24) is 0 Å². The molecule has 0 aromatic heterocycles. The molecular formula is C9H12K2O7S. The summed E-state index contributed by atoms with van der Waals surface area (Å²) in [6.45, 7) is 5.29. The van der Waals surface area contributed by atoms with Crippen LogP contribution in [0.1, 0.15) is 20.3 Å². The average Bonchev–Trinajstić information content (AvgIpc) is 2.09. The van der Waals surface area contributed by atoms with Crippen molar-refractivity contribution in [3.05, 3.63) is 12.2 Å². The number of carboxylic acids is 2. The van der Waals surface area contributed by atoms with Gasteiger partial charge >= 0.3 is 103 Å². The van der Waals surface area contributed by atoms with Crippen LogP contribution in [-0.4, -0.2) is 29.7 Å². The minimum atomic E-state index is -5.18. The first kappa shape index (κ1) is 25.8. The molecule has 0 aliphatic heterocycles. The van der Waals surface area contributed by atoms with Gasteiger partial charge in [0, 0.05) is 11.9 Å². The van der Waals surface area contributed by atoms with E-state index in [2.05, 4.69) is 6.58 Å². The Kier molecular flexibility index (Phi) is 13.3. The fourth-order valence-corrected chi connectivity index (χ4v) is 2.03. The number of carboxylic acid groups (broad SMARTS) is 2. The molecule has 0 saturated carbocycles. The number of hydrogen-bond acceptors (Lipinski definition) is 6. The molecule has 0 aromatic rings. The zero-order valence-corrected chi connectivity index (χ0v) is 18.4. The minimum absolute atomic E-state index is 0. The van der Waals surface area contributed by atoms with Crippen molar-refractivity contribution in [3.63, 3.8) is 0 Å². The molecule has 0 radical (unpaired) electrons. The van der Waals surface area contributed by atoms with Crippen LogP contribution in [0.5, 0.6) is 0 Å². The van der Waals surface area contributed by atoms with Crippen molar-refractivity contribution in [2.24, 2.45) is 5.92 Å². The normalized spacial score (nSPS) is 15.1. The summed E-state index contributed by atoms with van der Waals surface area (Å²) >= 11 is 0. The molecule has 0 fully saturated rings. The van der Waals surface area contributed by atoms with Gasteiger partial charge < -0.3 is 19.8 Å². The van der Waals surface area contributed by atoms with Gasteiger partial charge in [0.2, 0.25) is 0 Å². The second-order valence-corrected chi connectivity index (χ2v) is 5.70. The fourth-order valence-electron chi connectivity index (χ4n) is 1.28. The van der Waals surface area contributed by atoms with Gasteiger partial charge in [0.1, 0.15) is 4.75 Å². The summed E-state index contributed by atoms with van der Waals surface area (Å²) in [6, 6.07) is 0. The Morgan fingerprint density at radius 1 is 1.32 bits per heavy atom. The third-order valence-corrected chi connectivity index (χ3v) is 3.97. The van der Waals surface area contributed by atoms with Gasteiger partial charge in [-0.05, 0) is 20.3 Å². The Bertz CT molecular complexity index is 459. The van der Waals surface area contributed by atoms with Crippen LogP contribution in [0.2, 0.25) is 0 Å². The van der Waals surface area contributed by atoms with Crippen LogP contribution >= 0.6 is 0 Å². The standard InChI is InChI=1S/C9H14O7S.2K/c1-5(2)4-6(7(10)11)9(3,8(12)13)17(14,15)16;;/h6H,1,4H2,2-3H3,(H,10,11)(H,12,13)(H,14,15,16);;/q;2*+1/p-2. The Balaban J connectivity index is -0.00000128. The maximum absolute atomic E-state index is 11.0. The minimum Gasteiger partial charge on any atom is -0.550 e. The molecule has 19 heavy (non-hydrogen) atoms. The maximum atomic E-state index is 11.0. The molecule has 0 bridgehead atoms. The molecule has 0 heterocycles. The van der Waals surface area contributed by atoms with Gasteiger partial charge in [-0.3, -0.25) is 4.55 Å². The Morgan fingerprint density at radius 2 is 1.68 bits per heavy atom. The van der Waals surface area contributed by atoms with Gasteiger partial charge in [-0.25, -0.2) is 0 Å². The van der Waals surface area contributed by atoms with Crippen molar-refractivity contribution < 1.29 is 136 Å². The van der Waals surface area contributed by atoms with Gasteiger partial charge in [0.25, 0.3) is 10.1 Å². The molecule has 2 unspecified atom stereocenters. The summed E-state index contributed by atoms with van der Waals surface area (Å²) in [7, 11) is -5.18. The summed E-state index contributed by atoms with van der Waals surface area (Å²) in [4.78, 5) is 21.6. The van der Waals surface area contributed by atoms with Crippen molar-refractivity contribution in [2.45, 2.75) is 25.0 Å². The third kappa shape index (κ3) is 6.65. The molecule has 10 heteroatoms. The van der Waals surface area contributed by atoms with Crippen molar-refractivity contribution >= 4 is 22.1 Å². The number of carbonyl (C=O) groups excluding carboxylic acids is 2. The Morgan fingerprint density at radius 3 is 1.84 bits per heavy atom. The molecule has 0 amide bonds. The van der Waals surface area contributed by atoms with Crippen molar-refractivity contribution in [3.8, 4) is 0 Å². The predicted octanol–water partition coefficient (Wildman–Crippen LogP) is -8.28. The average molecular weight is 342 g/mol. The van der Waals surface area contributed by atoms with E-state index in [1.807, 2.05) is 0 Å². The molecule has 2 atom stereocenters. The zero-order chi connectivity index (χ0) is 14.0. The van der Waals surface area contributed by atoms with Gasteiger partial charge in [-0.1, -0.05) is 5.57 Å². The van der Waals surface area contributed by atoms with Crippen LogP contribution in [0.3, 0.4) is 0 Å². The van der Waals surface area contributed by atoms with Crippen molar-refractivity contribution in [2.75, 3.05) is 0 Å². The molecule has 0 spiro atoms. The van der Waals surface area contributed by atoms with Gasteiger partial charge in [0.15, 0.2) is 0 Å². The summed E-state index contributed by atoms with van der Waals surface area (Å²) in [5.74, 6) is -6.12. The number of allylic oxidation sites excluding steroid dienone is 1. The summed E-state index contributed by atoms with van der Waals surface area (Å²) < 4.78 is 28.0. The van der Waals surface area contributed by atoms with Gasteiger partial charge in [0.05, 0.1) is 5.97 Å². The summed E-state index contributed by atoms with van der Waals surface area (Å²) in [5, 5.41) is 21.6. The first-order valence-corrected chi connectivity index (χ1v) is 5.92. The zero-order valence-electron chi connectivity index (χ0n) is 11.3. The van der Waals surface area contributed by atoms with Crippen LogP contribution in [0.4, 0.5) is 0 Å². The second kappa shape index (κ2) is 9.79. The van der Waals surface area contributed by atoms with E-state index in [4.69, 9.17) is 4.55 Å². The van der Waals surface area contributed by atoms with Crippen LogP contribution in [0.15, 0.2) is 12.2 Å². The maximum Gasteiger partial charge on any atom is 1.00 e. The first-order chi connectivity index (χ1) is 7.44. The fraction of sp³-hybridized carbons (Fsp3) is 0.556. The Labute approximate surface area is 196 Å². The SMILES string of the molecule is C=C(C)CC(C(=O)[O-])C(C)(C(=O)[O-])S(=O)(=O)O.[K+].[K+]. The summed E-state index contributed by atoms with van der Waals surface area (Å²) in [5.41, 5.74) is 0.232. The van der Waals surface area contributed by atoms with Gasteiger partial charge in [-0.2, -0.15) is 8.42 Å². The first-order valence-electron chi connectivity index (χ1n) is 4.48. The second-order valence-electron chi connectivity index (χ2n) is 3.90. The molecule has 0 saturated heterocycles. The molecule has 0 rings (SSSR count). The quantitative estimate of drug-likeness (QED) is 0.288. The number of aliphatic carboxylic acids is 2. The van der Waals surface area contributed by atoms with E-state index in [9.17, 15) is 28.2 Å². The molecule has 7 nitrogen and oxygen atoms in total. The van der Waals surface area contributed by atoms with E-state index in [0.29, 0.717) is 6.92 Å². The largest absolute Gasteiger partial charge is 1.00 e. The van der Waals surface area contributed by atoms with E-state index in [0.717, 1.165) is 0 Å². The molecule has 0 aliphatic rings. The number of hydrogen-bond donors (Lipinski definition) is 1. The van der Waals surface area contributed by atoms with E-state index in [1.54, 1.807) is 0 Å². The van der Waals surface area contributed by atoms with Crippen molar-refractivity contribution in [1.29, 1.82) is 0 Å². The molecule has 1 N–H and O–H groups in total. The van der Waals surface area contributed by atoms with Crippen LogP contribution in [-0.2, 0) is 19.7 Å². The molecular weight excluding hydrogens is 330 g/mol. The van der Waals surface area contributed by atoms with E-state index >= 15 is 0 Å². The number of rotatable bonds is 6. The number of carbonyl (C=O) groups is 2.